The normalized spacial score (nSPS) is 23.9. The second kappa shape index (κ2) is 6.39. The lowest BCUT2D eigenvalue weighted by atomic mass is 9.91. The van der Waals surface area contributed by atoms with Gasteiger partial charge in [-0.1, -0.05) is 25.7 Å². The van der Waals surface area contributed by atoms with Gasteiger partial charge < -0.3 is 10.6 Å². The molecule has 1 amide bonds. The third-order valence-electron chi connectivity index (χ3n) is 4.39. The summed E-state index contributed by atoms with van der Waals surface area (Å²) in [5.74, 6) is 1.19. The third-order valence-corrected chi connectivity index (χ3v) is 4.39. The minimum Gasteiger partial charge on any atom is -0.342 e. The van der Waals surface area contributed by atoms with Gasteiger partial charge in [-0.25, -0.2) is 0 Å². The molecule has 0 aromatic rings. The van der Waals surface area contributed by atoms with Gasteiger partial charge in [0.05, 0.1) is 5.92 Å². The van der Waals surface area contributed by atoms with E-state index in [0.29, 0.717) is 12.5 Å². The highest BCUT2D eigenvalue weighted by molar-refractivity contribution is 5.79. The van der Waals surface area contributed by atoms with Crippen LogP contribution in [0, 0.1) is 11.8 Å². The molecule has 1 saturated carbocycles. The SMILES string of the molecule is NCC(CC1CCCC1)C(=O)N1CCCCC1. The molecule has 0 aromatic carbocycles. The maximum Gasteiger partial charge on any atom is 0.226 e. The number of hydrogen-bond acceptors (Lipinski definition) is 2. The average molecular weight is 238 g/mol. The Bertz CT molecular complexity index is 243. The van der Waals surface area contributed by atoms with Gasteiger partial charge in [0.2, 0.25) is 5.91 Å². The van der Waals surface area contributed by atoms with Crippen molar-refractivity contribution in [3.05, 3.63) is 0 Å². The van der Waals surface area contributed by atoms with Gasteiger partial charge in [0.25, 0.3) is 0 Å². The van der Waals surface area contributed by atoms with Crippen molar-refractivity contribution in [2.24, 2.45) is 17.6 Å². The van der Waals surface area contributed by atoms with Crippen molar-refractivity contribution < 1.29 is 4.79 Å². The molecule has 1 unspecified atom stereocenters. The molecule has 1 aliphatic heterocycles. The zero-order valence-corrected chi connectivity index (χ0v) is 10.9. The van der Waals surface area contributed by atoms with Gasteiger partial charge >= 0.3 is 0 Å². The summed E-state index contributed by atoms with van der Waals surface area (Å²) in [6, 6.07) is 0. The second-order valence-electron chi connectivity index (χ2n) is 5.70. The van der Waals surface area contributed by atoms with E-state index in [2.05, 4.69) is 4.90 Å². The molecule has 3 nitrogen and oxygen atoms in total. The standard InChI is InChI=1S/C14H26N2O/c15-11-13(10-12-6-2-3-7-12)14(17)16-8-4-1-5-9-16/h12-13H,1-11,15H2. The molecule has 2 N–H and O–H groups in total. The van der Waals surface area contributed by atoms with E-state index < -0.39 is 0 Å². The summed E-state index contributed by atoms with van der Waals surface area (Å²) in [4.78, 5) is 14.4. The minimum atomic E-state index is 0.0937. The monoisotopic (exact) mass is 238 g/mol. The molecule has 0 radical (unpaired) electrons. The first-order valence-corrected chi connectivity index (χ1v) is 7.30. The van der Waals surface area contributed by atoms with Crippen molar-refractivity contribution in [1.29, 1.82) is 0 Å². The highest BCUT2D eigenvalue weighted by Crippen LogP contribution is 2.31. The molecule has 0 aromatic heterocycles. The maximum atomic E-state index is 12.4. The number of likely N-dealkylation sites (tertiary alicyclic amines) is 1. The second-order valence-corrected chi connectivity index (χ2v) is 5.70. The van der Waals surface area contributed by atoms with Gasteiger partial charge in [-0.2, -0.15) is 0 Å². The third kappa shape index (κ3) is 3.44. The van der Waals surface area contributed by atoms with E-state index in [-0.39, 0.29) is 5.92 Å². The van der Waals surface area contributed by atoms with Crippen LogP contribution in [0.1, 0.15) is 51.4 Å². The van der Waals surface area contributed by atoms with Gasteiger partial charge in [-0.05, 0) is 31.6 Å². The van der Waals surface area contributed by atoms with Gasteiger partial charge in [-0.15, -0.1) is 0 Å². The number of carbonyl (C=O) groups is 1. The van der Waals surface area contributed by atoms with Crippen LogP contribution in [0.5, 0.6) is 0 Å². The summed E-state index contributed by atoms with van der Waals surface area (Å²) < 4.78 is 0. The lowest BCUT2D eigenvalue weighted by Crippen LogP contribution is -2.42. The van der Waals surface area contributed by atoms with Crippen LogP contribution in [0.2, 0.25) is 0 Å². The quantitative estimate of drug-likeness (QED) is 0.815. The molecule has 2 rings (SSSR count). The van der Waals surface area contributed by atoms with Crippen LogP contribution < -0.4 is 5.73 Å². The van der Waals surface area contributed by atoms with Crippen LogP contribution in [-0.4, -0.2) is 30.4 Å². The number of rotatable bonds is 4. The Kier molecular flexibility index (Phi) is 4.84. The van der Waals surface area contributed by atoms with Crippen LogP contribution in [0.4, 0.5) is 0 Å². The van der Waals surface area contributed by atoms with E-state index in [9.17, 15) is 4.79 Å². The largest absolute Gasteiger partial charge is 0.342 e. The fourth-order valence-corrected chi connectivity index (χ4v) is 3.32. The Morgan fingerprint density at radius 3 is 2.35 bits per heavy atom. The molecular formula is C14H26N2O. The van der Waals surface area contributed by atoms with Crippen LogP contribution in [-0.2, 0) is 4.79 Å². The number of nitrogens with zero attached hydrogens (tertiary/aromatic N) is 1. The smallest absolute Gasteiger partial charge is 0.226 e. The highest BCUT2D eigenvalue weighted by atomic mass is 16.2. The van der Waals surface area contributed by atoms with Gasteiger partial charge in [0, 0.05) is 19.6 Å². The van der Waals surface area contributed by atoms with Crippen molar-refractivity contribution in [2.75, 3.05) is 19.6 Å². The molecule has 3 heteroatoms. The summed E-state index contributed by atoms with van der Waals surface area (Å²) in [6.45, 7) is 2.45. The molecule has 17 heavy (non-hydrogen) atoms. The average Bonchev–Trinajstić information content (AvgIpc) is 2.89. The van der Waals surface area contributed by atoms with Crippen LogP contribution in [0.3, 0.4) is 0 Å². The van der Waals surface area contributed by atoms with Crippen molar-refractivity contribution >= 4 is 5.91 Å². The van der Waals surface area contributed by atoms with E-state index in [0.717, 1.165) is 25.4 Å². The van der Waals surface area contributed by atoms with Crippen molar-refractivity contribution in [1.82, 2.24) is 4.90 Å². The molecule has 98 valence electrons. The fourth-order valence-electron chi connectivity index (χ4n) is 3.32. The Morgan fingerprint density at radius 1 is 1.12 bits per heavy atom. The fraction of sp³-hybridized carbons (Fsp3) is 0.929. The van der Waals surface area contributed by atoms with E-state index in [4.69, 9.17) is 5.73 Å². The molecule has 1 aliphatic carbocycles. The van der Waals surface area contributed by atoms with E-state index in [1.807, 2.05) is 0 Å². The topological polar surface area (TPSA) is 46.3 Å². The van der Waals surface area contributed by atoms with Crippen LogP contribution in [0.15, 0.2) is 0 Å². The van der Waals surface area contributed by atoms with Gasteiger partial charge in [0.1, 0.15) is 0 Å². The summed E-state index contributed by atoms with van der Waals surface area (Å²) in [7, 11) is 0. The molecular weight excluding hydrogens is 212 g/mol. The molecule has 0 spiro atoms. The number of nitrogens with two attached hydrogens (primary N) is 1. The lowest BCUT2D eigenvalue weighted by Gasteiger charge is -2.31. The molecule has 0 bridgehead atoms. The Labute approximate surface area is 105 Å². The van der Waals surface area contributed by atoms with Crippen LogP contribution in [0.25, 0.3) is 0 Å². The Hall–Kier alpha value is -0.570. The summed E-state index contributed by atoms with van der Waals surface area (Å²) in [5, 5.41) is 0. The highest BCUT2D eigenvalue weighted by Gasteiger charge is 2.28. The first kappa shape index (κ1) is 12.9. The predicted octanol–water partition coefficient (Wildman–Crippen LogP) is 2.15. The number of carbonyl (C=O) groups excluding carboxylic acids is 1. The minimum absolute atomic E-state index is 0.0937. The first-order valence-electron chi connectivity index (χ1n) is 7.30. The number of hydrogen-bond donors (Lipinski definition) is 1. The number of piperidine rings is 1. The molecule has 2 fully saturated rings. The van der Waals surface area contributed by atoms with Gasteiger partial charge in [-0.3, -0.25) is 4.79 Å². The zero-order valence-electron chi connectivity index (χ0n) is 10.9. The van der Waals surface area contributed by atoms with E-state index in [1.165, 1.54) is 44.9 Å². The van der Waals surface area contributed by atoms with E-state index in [1.54, 1.807) is 0 Å². The predicted molar refractivity (Wildman–Crippen MR) is 69.6 cm³/mol. The van der Waals surface area contributed by atoms with Crippen molar-refractivity contribution in [3.8, 4) is 0 Å². The number of amides is 1. The molecule has 1 heterocycles. The maximum absolute atomic E-state index is 12.4. The molecule has 2 aliphatic rings. The summed E-state index contributed by atoms with van der Waals surface area (Å²) in [5.41, 5.74) is 5.81. The summed E-state index contributed by atoms with van der Waals surface area (Å²) in [6.07, 6.45) is 9.97. The van der Waals surface area contributed by atoms with Gasteiger partial charge in [0.15, 0.2) is 0 Å². The van der Waals surface area contributed by atoms with E-state index >= 15 is 0 Å². The summed E-state index contributed by atoms with van der Waals surface area (Å²) >= 11 is 0. The lowest BCUT2D eigenvalue weighted by molar-refractivity contribution is -0.136. The first-order chi connectivity index (χ1) is 8.31. The van der Waals surface area contributed by atoms with Crippen molar-refractivity contribution in [2.45, 2.75) is 51.4 Å². The molecule has 1 atom stereocenters. The Balaban J connectivity index is 1.84. The molecule has 1 saturated heterocycles. The Morgan fingerprint density at radius 2 is 1.76 bits per heavy atom. The zero-order chi connectivity index (χ0) is 12.1. The van der Waals surface area contributed by atoms with Crippen LogP contribution >= 0.6 is 0 Å². The van der Waals surface area contributed by atoms with Crippen molar-refractivity contribution in [3.63, 3.8) is 0 Å².